The van der Waals surface area contributed by atoms with Gasteiger partial charge in [-0.25, -0.2) is 111 Å². The van der Waals surface area contributed by atoms with Gasteiger partial charge in [0.15, 0.2) is 102 Å². The maximum atomic E-state index is 17.0. The first-order valence-corrected chi connectivity index (χ1v) is 42.8. The second kappa shape index (κ2) is 40.7. The standard InChI is InChI=1S/C34H36BF2N11O9P2.C25H31BF2N9O7P.C13H31N2P/c1-19-25-30(42-15-40-19)47(17-44-25)33-23(36)27-22(55-33)14-53-59(35,52-12-6-10-39)57-28-21(13-51-58(56-27)50-11-5-9-38)54-34(24(28)37)48-18-45-26-29(41-16-43-31(26)48)46-32(49)20-7-3-2-4-8-20;1-12-18-22(32-8-30-12)36(10-34-18)24-16(27)20(39)15(43-24)7-41-45(26,40-5-4-29-3)44-21-14(6-38)42-25(17(21)28)37-11-35-19-13(2)31-9-33-23(19)37;1-10(2)14(11(3)4)16(9)15(12(5)6)13(7)8/h2-4,7-8,15-18,21-24,27-28,33-34H,5-6,11-14H2,1,35H3,(H,41,43,46,49);8-11,14-17,20-21,24-25,38-39H,4-7H2,1-2,26H3;10-13H,1-9H3/t21?,22-,23-,24-,27-,28-,33-,34-,58?,59?;14-,15-,16+,17+,20?,21?,24-,25-,45?;/m11./s1. The number of carbonyl (C=O) groups is 1. The SMILES string of the molecule is CC(C)N(C(C)C)P(C)N(C(C)C)C(C)C.[BH3-][P+](OCC[N+]#[C-])(OC[C@H]1O[C@@H](n2cnc3c(C)ncnc32)[C@@H](F)C1O)OC1[C@@H](CO)O[C@@H](n2cnc3c(C)ncnc32)[C@H]1F.[BH3-][P+]1(OCCC#N)OC[C@H]2O[C@@H](n3cnc4c(C)ncnc43)[C@H](F)[C@@H]2OP(OCCC#N)OCC2O[C@@H](n3cnc4c(NC(=O)c5ccccc5)ncnc43)[C@H](F)[C@@H]2O1. The quantitative estimate of drug-likeness (QED) is 0.0143. The summed E-state index contributed by atoms with van der Waals surface area (Å²) in [6, 6.07) is 15.0. The van der Waals surface area contributed by atoms with Crippen molar-refractivity contribution in [1.29, 1.82) is 10.5 Å². The Balaban J connectivity index is 0.000000191. The molecular formula is C72H98B2F4N22O16P4. The van der Waals surface area contributed by atoms with Crippen molar-refractivity contribution in [2.24, 2.45) is 0 Å². The lowest BCUT2D eigenvalue weighted by Gasteiger charge is -2.45. The maximum Gasteiger partial charge on any atom is 0.333 e. The van der Waals surface area contributed by atoms with E-state index in [0.717, 1.165) is 0 Å². The average molecular weight is 1750 g/mol. The molecule has 0 radical (unpaired) electrons. The van der Waals surface area contributed by atoms with Crippen molar-refractivity contribution in [3.63, 3.8) is 0 Å². The zero-order valence-corrected chi connectivity index (χ0v) is 70.0. The molecule has 0 saturated carbocycles. The number of hydrogen-bond donors (Lipinski definition) is 3. The molecule has 14 rings (SSSR count). The molecule has 19 atom stereocenters. The van der Waals surface area contributed by atoms with E-state index in [-0.39, 0.29) is 84.2 Å². The largest absolute Gasteiger partial charge is 0.394 e. The summed E-state index contributed by atoms with van der Waals surface area (Å²) in [5.74, 6) is -0.339. The molecule has 5 saturated heterocycles. The second-order valence-corrected chi connectivity index (χ2v) is 33.9. The summed E-state index contributed by atoms with van der Waals surface area (Å²) >= 11 is 0. The average Bonchev–Trinajstić information content (AvgIpc) is 1.63. The van der Waals surface area contributed by atoms with Crippen LogP contribution in [0.2, 0.25) is 0 Å². The Morgan fingerprint density at radius 3 is 1.66 bits per heavy atom. The summed E-state index contributed by atoms with van der Waals surface area (Å²) in [4.78, 5) is 67.1. The molecule has 646 valence electrons. The number of hydrogen-bond acceptors (Lipinski definition) is 32. The van der Waals surface area contributed by atoms with E-state index in [1.807, 2.05) is 12.1 Å². The molecule has 1 aromatic carbocycles. The van der Waals surface area contributed by atoms with Crippen LogP contribution in [-0.2, 0) is 59.7 Å². The fourth-order valence-electron chi connectivity index (χ4n) is 14.1. The van der Waals surface area contributed by atoms with Crippen molar-refractivity contribution in [2.75, 3.05) is 64.8 Å². The molecule has 5 fully saturated rings. The number of anilines is 1. The number of aliphatic hydroxyl groups excluding tert-OH is 2. The number of fused-ring (bicyclic) bond motifs is 6. The van der Waals surface area contributed by atoms with Gasteiger partial charge in [0.1, 0.15) is 98.3 Å². The molecule has 48 heteroatoms. The van der Waals surface area contributed by atoms with Gasteiger partial charge in [0.2, 0.25) is 37.3 Å². The highest BCUT2D eigenvalue weighted by Crippen LogP contribution is 2.63. The summed E-state index contributed by atoms with van der Waals surface area (Å²) in [5, 5.41) is 42.1. The second-order valence-electron chi connectivity index (χ2n) is 28.5. The molecule has 120 heavy (non-hydrogen) atoms. The van der Waals surface area contributed by atoms with Crippen LogP contribution in [0.3, 0.4) is 0 Å². The van der Waals surface area contributed by atoms with Crippen LogP contribution in [0.25, 0.3) is 49.5 Å². The molecule has 38 nitrogen and oxygen atoms in total. The lowest BCUT2D eigenvalue weighted by molar-refractivity contribution is -0.0615. The number of halogens is 4. The number of ether oxygens (including phenoxy) is 4. The predicted molar refractivity (Wildman–Crippen MR) is 438 cm³/mol. The first-order chi connectivity index (χ1) is 57.5. The Kier molecular flexibility index (Phi) is 31.0. The third-order valence-electron chi connectivity index (χ3n) is 19.3. The van der Waals surface area contributed by atoms with Gasteiger partial charge < -0.3 is 52.9 Å². The highest BCUT2D eigenvalue weighted by molar-refractivity contribution is 7.86. The number of nitrogens with zero attached hydrogens (tertiary/aromatic N) is 21. The Morgan fingerprint density at radius 1 is 0.667 bits per heavy atom. The molecule has 0 spiro atoms. The Bertz CT molecular complexity index is 5040. The fourth-order valence-corrected chi connectivity index (χ4v) is 20.5. The monoisotopic (exact) mass is 1750 g/mol. The van der Waals surface area contributed by atoms with Gasteiger partial charge in [-0.2, -0.15) is 10.5 Å². The van der Waals surface area contributed by atoms with Gasteiger partial charge in [0, 0.05) is 38.0 Å². The Morgan fingerprint density at radius 2 is 1.14 bits per heavy atom. The highest BCUT2D eigenvalue weighted by atomic mass is 31.2. The van der Waals surface area contributed by atoms with E-state index in [0.29, 0.717) is 80.3 Å². The van der Waals surface area contributed by atoms with Crippen molar-refractivity contribution in [3.8, 4) is 12.1 Å². The van der Waals surface area contributed by atoms with E-state index in [1.165, 1.54) is 68.9 Å². The fraction of sp³-hybridized carbons (Fsp3) is 0.583. The summed E-state index contributed by atoms with van der Waals surface area (Å²) in [6.45, 7) is 31.4. The van der Waals surface area contributed by atoms with E-state index in [4.69, 9.17) is 66.2 Å². The van der Waals surface area contributed by atoms with Crippen LogP contribution in [0, 0.1) is 50.0 Å². The minimum absolute atomic E-state index is 0.000506. The number of aliphatic hydroxyl groups is 2. The summed E-state index contributed by atoms with van der Waals surface area (Å²) in [7, 11) is -11.3. The zero-order chi connectivity index (χ0) is 86.0. The number of alkyl halides is 4. The smallest absolute Gasteiger partial charge is 0.333 e. The highest BCUT2D eigenvalue weighted by Gasteiger charge is 2.58. The molecule has 8 aromatic heterocycles. The molecule has 0 bridgehead atoms. The third kappa shape index (κ3) is 20.4. The number of amides is 1. The lowest BCUT2D eigenvalue weighted by Crippen LogP contribution is -2.42. The van der Waals surface area contributed by atoms with Crippen molar-refractivity contribution in [2.45, 2.75) is 212 Å². The van der Waals surface area contributed by atoms with Crippen molar-refractivity contribution in [3.05, 3.63) is 115 Å². The third-order valence-corrected chi connectivity index (χ3v) is 26.0. The van der Waals surface area contributed by atoms with Gasteiger partial charge >= 0.3 is 8.60 Å². The summed E-state index contributed by atoms with van der Waals surface area (Å²) in [6.07, 6.45) is -11.9. The summed E-state index contributed by atoms with van der Waals surface area (Å²) in [5.41, 5.74) is 4.96. The number of nitriles is 2. The van der Waals surface area contributed by atoms with Crippen molar-refractivity contribution in [1.82, 2.24) is 87.4 Å². The van der Waals surface area contributed by atoms with Gasteiger partial charge in [-0.05, 0) is 95.0 Å². The first kappa shape index (κ1) is 91.5. The van der Waals surface area contributed by atoms with Gasteiger partial charge in [-0.1, -0.05) is 18.2 Å². The predicted octanol–water partition coefficient (Wildman–Crippen LogP) is 8.30. The minimum atomic E-state index is -3.32. The molecular weight excluding hydrogens is 1650 g/mol. The molecule has 5 aliphatic rings. The number of aryl methyl sites for hydroxylation is 3. The van der Waals surface area contributed by atoms with E-state index < -0.39 is 150 Å². The van der Waals surface area contributed by atoms with Gasteiger partial charge in [0.05, 0.1) is 87.2 Å². The van der Waals surface area contributed by atoms with Crippen LogP contribution >= 0.6 is 32.5 Å². The molecule has 3 N–H and O–H groups in total. The molecule has 6 unspecified atom stereocenters. The Labute approximate surface area is 694 Å². The minimum Gasteiger partial charge on any atom is -0.394 e. The number of nitrogens with one attached hydrogen (secondary N) is 1. The molecule has 13 heterocycles. The van der Waals surface area contributed by atoms with Crippen LogP contribution in [0.1, 0.15) is 121 Å². The van der Waals surface area contributed by atoms with Crippen LogP contribution in [-0.4, -0.2) is 276 Å². The normalized spacial score (nSPS) is 27.6. The van der Waals surface area contributed by atoms with Gasteiger partial charge in [0.25, 0.3) is 5.91 Å². The Hall–Kier alpha value is -7.75. The van der Waals surface area contributed by atoms with Crippen molar-refractivity contribution >= 4 is 104 Å². The van der Waals surface area contributed by atoms with E-state index >= 15 is 17.6 Å². The molecule has 1 amide bonds. The lowest BCUT2D eigenvalue weighted by atomic mass is 10.1. The van der Waals surface area contributed by atoms with Gasteiger partial charge in [-0.3, -0.25) is 32.4 Å². The zero-order valence-electron chi connectivity index (χ0n) is 66.4. The van der Waals surface area contributed by atoms with Crippen molar-refractivity contribution < 1.29 is 92.2 Å². The number of carbonyl (C=O) groups excluding carboxylic acids is 1. The first-order valence-electron chi connectivity index (χ1n) is 37.8. The number of imidazole rings is 4. The van der Waals surface area contributed by atoms with Crippen LogP contribution in [0.15, 0.2) is 81.0 Å². The number of benzene rings is 1. The molecule has 5 aliphatic heterocycles. The van der Waals surface area contributed by atoms with E-state index in [2.05, 4.69) is 141 Å². The summed E-state index contributed by atoms with van der Waals surface area (Å²) < 4.78 is 156. The van der Waals surface area contributed by atoms with E-state index in [1.54, 1.807) is 51.1 Å². The molecule has 9 aromatic rings. The topological polar surface area (TPSA) is 422 Å². The maximum absolute atomic E-state index is 17.0. The van der Waals surface area contributed by atoms with Gasteiger partial charge in [-0.15, -0.1) is 0 Å². The molecule has 0 aliphatic carbocycles. The van der Waals surface area contributed by atoms with Crippen LogP contribution < -0.4 is 5.32 Å². The van der Waals surface area contributed by atoms with Crippen LogP contribution in [0.5, 0.6) is 0 Å². The number of aromatic nitrogens is 16. The van der Waals surface area contributed by atoms with Crippen LogP contribution in [0.4, 0.5) is 23.4 Å². The number of rotatable bonds is 27. The van der Waals surface area contributed by atoms with E-state index in [9.17, 15) is 25.5 Å².